The van der Waals surface area contributed by atoms with Crippen LogP contribution >= 0.6 is 131 Å². The number of Topliss-reactive ketones (excluding diaryl/α,β-unsaturated/α-hetero) is 3. The van der Waals surface area contributed by atoms with Crippen molar-refractivity contribution >= 4 is 212 Å². The number of alkyl halides is 7. The summed E-state index contributed by atoms with van der Waals surface area (Å²) in [5.41, 5.74) is 18.5. The van der Waals surface area contributed by atoms with Gasteiger partial charge in [0.25, 0.3) is 22.2 Å². The summed E-state index contributed by atoms with van der Waals surface area (Å²) in [6, 6.07) is 33.2. The Morgan fingerprint density at radius 2 is 0.833 bits per heavy atom. The third-order valence-electron chi connectivity index (χ3n) is 18.7. The number of nitrogens with zero attached hydrogens (tertiary/aromatic N) is 8. The maximum absolute atomic E-state index is 13.2. The number of likely N-dealkylation sites (tertiary alicyclic amines) is 1. The Hall–Kier alpha value is -10.2. The highest BCUT2D eigenvalue weighted by molar-refractivity contribution is 9.09. The number of aromatic nitrogens is 8. The Kier molecular flexibility index (Phi) is 35.2. The van der Waals surface area contributed by atoms with Gasteiger partial charge in [-0.2, -0.15) is 26.3 Å². The number of fused-ring (bicyclic) bond motifs is 4. The molecule has 1 amide bonds. The molecule has 2 atom stereocenters. The van der Waals surface area contributed by atoms with E-state index in [0.717, 1.165) is 64.4 Å². The number of rotatable bonds is 13. The first kappa shape index (κ1) is 99.6. The molecule has 2 fully saturated rings. The molecule has 8 N–H and O–H groups in total. The summed E-state index contributed by atoms with van der Waals surface area (Å²) in [4.78, 5) is 131. The number of aliphatic carboxylic acids is 1. The second-order valence-corrected chi connectivity index (χ2v) is 35.3. The van der Waals surface area contributed by atoms with Gasteiger partial charge in [-0.15, -0.1) is 56.7 Å². The van der Waals surface area contributed by atoms with Crippen LogP contribution in [0, 0.1) is 33.1 Å². The van der Waals surface area contributed by atoms with Crippen molar-refractivity contribution in [1.29, 1.82) is 5.41 Å². The van der Waals surface area contributed by atoms with Gasteiger partial charge in [-0.1, -0.05) is 135 Å². The molecular weight excluding hydrogens is 1910 g/mol. The summed E-state index contributed by atoms with van der Waals surface area (Å²) in [5.74, 6) is 0.314. The van der Waals surface area contributed by atoms with Crippen LogP contribution < -0.4 is 39.0 Å². The van der Waals surface area contributed by atoms with E-state index >= 15 is 0 Å². The number of carboxylic acids is 1. The number of aryl methyl sites for hydroxylation is 4. The molecule has 0 bridgehead atoms. The van der Waals surface area contributed by atoms with E-state index in [1.807, 2.05) is 82.2 Å². The number of amides is 1. The fraction of sp³-hybridized carbons (Fsp3) is 0.256. The average Bonchev–Trinajstić information content (AvgIpc) is 1.62. The van der Waals surface area contributed by atoms with Crippen LogP contribution in [0.3, 0.4) is 0 Å². The minimum Gasteiger partial charge on any atom is -0.480 e. The normalized spacial score (nSPS) is 13.4. The van der Waals surface area contributed by atoms with Crippen LogP contribution in [-0.2, 0) is 38.8 Å². The number of carbonyl (C=O) groups excluding carboxylic acids is 4. The van der Waals surface area contributed by atoms with Crippen molar-refractivity contribution in [3.63, 3.8) is 0 Å². The number of thiophene rings is 5. The Morgan fingerprint density at radius 3 is 1.14 bits per heavy atom. The van der Waals surface area contributed by atoms with Crippen molar-refractivity contribution in [2.75, 3.05) is 24.2 Å². The molecule has 14 aromatic rings. The van der Waals surface area contributed by atoms with E-state index in [4.69, 9.17) is 80.0 Å². The third kappa shape index (κ3) is 26.1. The number of nitrogen functional groups attached to an aromatic ring is 1. The minimum atomic E-state index is -4.48. The second kappa shape index (κ2) is 44.5. The molecule has 11 heterocycles. The van der Waals surface area contributed by atoms with Gasteiger partial charge in [-0.3, -0.25) is 62.3 Å². The lowest BCUT2D eigenvalue weighted by Gasteiger charge is -2.27. The van der Waals surface area contributed by atoms with E-state index in [-0.39, 0.29) is 78.0 Å². The fourth-order valence-electron chi connectivity index (χ4n) is 12.9. The van der Waals surface area contributed by atoms with E-state index in [1.165, 1.54) is 93.5 Å². The number of carboxylic acid groups (broad SMARTS) is 1. The van der Waals surface area contributed by atoms with E-state index in [0.29, 0.717) is 113 Å². The maximum atomic E-state index is 13.2. The highest BCUT2D eigenvalue weighted by Crippen LogP contribution is 2.39. The number of ketones is 3. The molecule has 2 aliphatic heterocycles. The van der Waals surface area contributed by atoms with Crippen LogP contribution in [0.2, 0.25) is 25.1 Å². The zero-order valence-electron chi connectivity index (χ0n) is 68.1. The first-order chi connectivity index (χ1) is 59.4. The smallest absolute Gasteiger partial charge is 0.408 e. The van der Waals surface area contributed by atoms with Crippen LogP contribution in [0.4, 0.5) is 31.3 Å². The lowest BCUT2D eigenvalue weighted by Crippen LogP contribution is -2.46. The van der Waals surface area contributed by atoms with Gasteiger partial charge in [0, 0.05) is 86.4 Å². The zero-order valence-corrected chi connectivity index (χ0v) is 77.5. The quantitative estimate of drug-likeness (QED) is 0.0205. The largest absolute Gasteiger partial charge is 0.480 e. The molecule has 662 valence electrons. The lowest BCUT2D eigenvalue weighted by atomic mass is 10.0. The molecule has 16 rings (SSSR count). The van der Waals surface area contributed by atoms with E-state index in [9.17, 15) is 69.5 Å². The van der Waals surface area contributed by atoms with Crippen molar-refractivity contribution in [3.05, 3.63) is 244 Å². The SMILES string of the molecule is CC(=N)N.CC(=O)CBr.CC(=O)Cn1c(C)nc2scc(-c3ccc(Cl)cc3)c2c1=O.CC(=O)c1c(-c2ccc(Cl)cc2)csc1N.Cc1nc2scc(-c3ccc(Cl)cc3)c2c(=O)[nH]1.Cc1nc2scc(-c3ccc(Cl)cc3)c2c(=O)n1CC(=O)N1CCCC1C(F)(F)F.Cc1nc2scc(-c3ccc(Cl)cc3)c2c(=O)n1CC(=O)O.FC(F)(F)C1CCCN1. The highest BCUT2D eigenvalue weighted by atomic mass is 79.9. The average molecular weight is 1990 g/mol. The van der Waals surface area contributed by atoms with Crippen molar-refractivity contribution < 1.29 is 55.4 Å². The Bertz CT molecular complexity index is 6390. The number of nitrogens with one attached hydrogen (secondary N) is 3. The van der Waals surface area contributed by atoms with Gasteiger partial charge in [-0.25, -0.2) is 19.9 Å². The molecule has 0 spiro atoms. The molecular formula is C86H79BrCl5F6N13O10S5. The van der Waals surface area contributed by atoms with Crippen molar-refractivity contribution in [3.8, 4) is 55.6 Å². The molecule has 5 aromatic carbocycles. The van der Waals surface area contributed by atoms with Gasteiger partial charge in [0.05, 0.1) is 49.8 Å². The topological polar surface area (TPSA) is 347 Å². The number of hydrogen-bond acceptors (Lipinski definition) is 21. The molecule has 0 aliphatic carbocycles. The number of carbonyl (C=O) groups is 5. The first-order valence-electron chi connectivity index (χ1n) is 37.8. The van der Waals surface area contributed by atoms with Gasteiger partial charge >= 0.3 is 18.3 Å². The Morgan fingerprint density at radius 1 is 0.500 bits per heavy atom. The van der Waals surface area contributed by atoms with Crippen LogP contribution in [0.5, 0.6) is 0 Å². The monoisotopic (exact) mass is 1980 g/mol. The first-order valence-corrected chi connectivity index (χ1v) is 45.2. The summed E-state index contributed by atoms with van der Waals surface area (Å²) in [6.45, 7) is 12.5. The van der Waals surface area contributed by atoms with E-state index < -0.39 is 55.0 Å². The zero-order chi connectivity index (χ0) is 92.5. The number of benzene rings is 5. The van der Waals surface area contributed by atoms with Gasteiger partial charge < -0.3 is 31.8 Å². The Balaban J connectivity index is 0.000000171. The van der Waals surface area contributed by atoms with Gasteiger partial charge in [0.15, 0.2) is 5.78 Å². The van der Waals surface area contributed by atoms with Crippen molar-refractivity contribution in [2.45, 2.75) is 125 Å². The summed E-state index contributed by atoms with van der Waals surface area (Å²) in [7, 11) is 0. The Labute approximate surface area is 769 Å². The summed E-state index contributed by atoms with van der Waals surface area (Å²) in [5, 5.41) is 33.2. The molecule has 2 aliphatic rings. The third-order valence-corrected chi connectivity index (χ3v) is 25.1. The standard InChI is InChI=1S/C20H17ClF3N3O2S.C16H13ClN2O2S.C15H11ClN2O3S.C13H9ClN2OS.C12H10ClNOS.C5H8F3N.C3H5BrO.C2H6N2/c1-11-25-18-17(14(10-30-18)12-4-6-13(21)7-5-12)19(29)27(11)9-16(28)26-8-2-3-15(26)20(22,23)24;1-9(20)7-19-10(2)18-15-14(16(19)21)13(8-22-15)11-3-5-12(17)6-4-11;1-8-17-14-13(15(21)18(8)6-12(19)20)11(7-22-14)9-2-4-10(16)5-3-9;1-7-15-12(17)11-10(6-18-13(11)16-7)8-2-4-9(14)5-3-8;1-7(15)11-10(6-16-12(11)14)8-2-4-9(13)5-3-8;6-5(7,8)4-2-1-3-9-4;1-3(5)2-4;1-2(3)4/h4-7,10,15H,2-3,8-9H2,1H3;3-6,8H,7H2,1-2H3;2-5,7H,6H2,1H3,(H,19,20);2-6H,1H3,(H,15,16,17);2-6H,14H2,1H3;4,9H,1-3H2;2H2,1H3;1H3,(H3,3,4). The molecule has 23 nitrogen and oxygen atoms in total. The number of anilines is 1. The maximum Gasteiger partial charge on any atom is 0.408 e. The number of amidine groups is 1. The molecule has 2 saturated heterocycles. The minimum absolute atomic E-state index is 0.0105. The fourth-order valence-corrected chi connectivity index (χ4v) is 18.3. The molecule has 126 heavy (non-hydrogen) atoms. The number of H-pyrrole nitrogens is 1. The second-order valence-electron chi connectivity index (χ2n) is 28.2. The predicted octanol–water partition coefficient (Wildman–Crippen LogP) is 21.2. The molecule has 9 aromatic heterocycles. The van der Waals surface area contributed by atoms with Crippen molar-refractivity contribution in [1.82, 2.24) is 48.8 Å². The molecule has 40 heteroatoms. The van der Waals surface area contributed by atoms with Crippen LogP contribution in [0.1, 0.15) is 87.0 Å². The van der Waals surface area contributed by atoms with Gasteiger partial charge in [0.1, 0.15) is 79.4 Å². The van der Waals surface area contributed by atoms with Crippen molar-refractivity contribution in [2.24, 2.45) is 5.73 Å². The lowest BCUT2D eigenvalue weighted by molar-refractivity contribution is -0.183. The van der Waals surface area contributed by atoms with Crippen LogP contribution in [-0.4, -0.2) is 127 Å². The molecule has 2 unspecified atom stereocenters. The van der Waals surface area contributed by atoms with E-state index in [2.05, 4.69) is 46.2 Å². The van der Waals surface area contributed by atoms with Crippen LogP contribution in [0.15, 0.2) is 167 Å². The molecule has 0 saturated carbocycles. The van der Waals surface area contributed by atoms with E-state index in [1.54, 1.807) is 93.7 Å². The summed E-state index contributed by atoms with van der Waals surface area (Å²) >= 11 is 39.3. The number of aromatic amines is 1. The number of hydrogen-bond donors (Lipinski definition) is 6. The number of nitrogens with two attached hydrogens (primary N) is 2. The van der Waals surface area contributed by atoms with Gasteiger partial charge in [-0.05, 0) is 176 Å². The summed E-state index contributed by atoms with van der Waals surface area (Å²) in [6.07, 6.45) is -7.47. The van der Waals surface area contributed by atoms with Crippen LogP contribution in [0.25, 0.3) is 96.5 Å². The molecule has 0 radical (unpaired) electrons. The number of halogens is 12. The summed E-state index contributed by atoms with van der Waals surface area (Å²) < 4.78 is 78.5. The highest BCUT2D eigenvalue weighted by Gasteiger charge is 2.48. The van der Waals surface area contributed by atoms with Gasteiger partial charge in [0.2, 0.25) is 5.91 Å². The predicted molar refractivity (Wildman–Crippen MR) is 500 cm³/mol.